The summed E-state index contributed by atoms with van der Waals surface area (Å²) in [5, 5.41) is 0. The lowest BCUT2D eigenvalue weighted by molar-refractivity contribution is 0.295. The van der Waals surface area contributed by atoms with Gasteiger partial charge in [0.1, 0.15) is 0 Å². The summed E-state index contributed by atoms with van der Waals surface area (Å²) in [5.41, 5.74) is 0. The van der Waals surface area contributed by atoms with Crippen LogP contribution < -0.4 is 0 Å². The Hall–Kier alpha value is -0.260. The highest BCUT2D eigenvalue weighted by molar-refractivity contribution is 5.26. The molecule has 0 amide bonds. The van der Waals surface area contributed by atoms with Crippen LogP contribution in [0.2, 0.25) is 0 Å². The maximum Gasteiger partial charge on any atom is -0.0133 e. The number of unbranched alkanes of at least 4 members (excludes halogenated alkanes) is 2. The summed E-state index contributed by atoms with van der Waals surface area (Å²) in [4.78, 5) is 0. The number of hydrogen-bond donors (Lipinski definition) is 0. The Kier molecular flexibility index (Phi) is 8.21. The maximum atomic E-state index is 2.57. The zero-order chi connectivity index (χ0) is 16.7. The minimum absolute atomic E-state index is 0.851. The summed E-state index contributed by atoms with van der Waals surface area (Å²) in [5.74, 6) is 6.57. The molecule has 0 aromatic carbocycles. The van der Waals surface area contributed by atoms with E-state index in [9.17, 15) is 0 Å². The fourth-order valence-electron chi connectivity index (χ4n) is 5.10. The standard InChI is InChI=1S/C23H41/c1-5-9-11-18(7-3)15-22-20-13-14-21(17-20)23(22)16-19(8-4)12-10-6-2/h13-14,18-22H,5-12,15-17H2,1-4H3. The first kappa shape index (κ1) is 19.1. The molecule has 0 aliphatic heterocycles. The highest BCUT2D eigenvalue weighted by Crippen LogP contribution is 2.54. The molecule has 0 aromatic rings. The highest BCUT2D eigenvalue weighted by Gasteiger charge is 2.45. The fourth-order valence-corrected chi connectivity index (χ4v) is 5.10. The third-order valence-corrected chi connectivity index (χ3v) is 6.78. The Labute approximate surface area is 146 Å². The van der Waals surface area contributed by atoms with Gasteiger partial charge in [-0.1, -0.05) is 91.2 Å². The molecule has 1 radical (unpaired) electrons. The zero-order valence-electron chi connectivity index (χ0n) is 16.3. The quantitative estimate of drug-likeness (QED) is 0.325. The van der Waals surface area contributed by atoms with Gasteiger partial charge in [-0.05, 0) is 54.8 Å². The van der Waals surface area contributed by atoms with E-state index in [0.717, 1.165) is 29.6 Å². The normalized spacial score (nSPS) is 29.3. The van der Waals surface area contributed by atoms with Crippen LogP contribution >= 0.6 is 0 Å². The van der Waals surface area contributed by atoms with Crippen LogP contribution in [0.4, 0.5) is 0 Å². The predicted molar refractivity (Wildman–Crippen MR) is 103 cm³/mol. The first-order valence-corrected chi connectivity index (χ1v) is 10.8. The Morgan fingerprint density at radius 3 is 2.17 bits per heavy atom. The van der Waals surface area contributed by atoms with E-state index < -0.39 is 0 Å². The average Bonchev–Trinajstić information content (AvgIpc) is 3.17. The topological polar surface area (TPSA) is 0 Å². The van der Waals surface area contributed by atoms with Crippen LogP contribution in [0.1, 0.15) is 98.3 Å². The van der Waals surface area contributed by atoms with E-state index in [4.69, 9.17) is 0 Å². The third-order valence-electron chi connectivity index (χ3n) is 6.78. The van der Waals surface area contributed by atoms with Crippen molar-refractivity contribution in [2.24, 2.45) is 29.6 Å². The van der Waals surface area contributed by atoms with E-state index in [0.29, 0.717) is 0 Å². The van der Waals surface area contributed by atoms with E-state index in [-0.39, 0.29) is 0 Å². The van der Waals surface area contributed by atoms with Crippen molar-refractivity contribution in [3.63, 3.8) is 0 Å². The number of fused-ring (bicyclic) bond motifs is 2. The molecule has 23 heavy (non-hydrogen) atoms. The maximum absolute atomic E-state index is 2.57. The monoisotopic (exact) mass is 317 g/mol. The number of allylic oxidation sites excluding steroid dienone is 2. The van der Waals surface area contributed by atoms with Crippen molar-refractivity contribution in [2.45, 2.75) is 98.3 Å². The first-order chi connectivity index (χ1) is 11.2. The summed E-state index contributed by atoms with van der Waals surface area (Å²) in [7, 11) is 0. The van der Waals surface area contributed by atoms with Crippen LogP contribution in [-0.4, -0.2) is 0 Å². The molecule has 0 nitrogen and oxygen atoms in total. The zero-order valence-corrected chi connectivity index (χ0v) is 16.3. The summed E-state index contributed by atoms with van der Waals surface area (Å²) >= 11 is 0. The highest BCUT2D eigenvalue weighted by atomic mass is 14.5. The van der Waals surface area contributed by atoms with E-state index >= 15 is 0 Å². The minimum atomic E-state index is 0.851. The Balaban J connectivity index is 1.94. The van der Waals surface area contributed by atoms with Crippen LogP contribution in [0.15, 0.2) is 12.2 Å². The predicted octanol–water partition coefficient (Wildman–Crippen LogP) is 7.60. The van der Waals surface area contributed by atoms with E-state index in [2.05, 4.69) is 39.8 Å². The van der Waals surface area contributed by atoms with Crippen LogP contribution in [0.25, 0.3) is 0 Å². The lowest BCUT2D eigenvalue weighted by Crippen LogP contribution is -2.23. The number of hydrogen-bond acceptors (Lipinski definition) is 0. The molecular formula is C23H41. The molecule has 5 unspecified atom stereocenters. The van der Waals surface area contributed by atoms with Gasteiger partial charge in [0.15, 0.2) is 0 Å². The van der Waals surface area contributed by atoms with Crippen LogP contribution in [0, 0.1) is 35.5 Å². The van der Waals surface area contributed by atoms with Gasteiger partial charge in [-0.25, -0.2) is 0 Å². The van der Waals surface area contributed by atoms with E-state index in [1.54, 1.807) is 0 Å². The third kappa shape index (κ3) is 5.10. The van der Waals surface area contributed by atoms with Crippen molar-refractivity contribution < 1.29 is 0 Å². The summed E-state index contributed by atoms with van der Waals surface area (Å²) in [6.45, 7) is 9.50. The van der Waals surface area contributed by atoms with Crippen molar-refractivity contribution in [3.05, 3.63) is 18.1 Å². The second-order valence-electron chi connectivity index (χ2n) is 8.35. The van der Waals surface area contributed by atoms with E-state index in [1.165, 1.54) is 70.6 Å². The van der Waals surface area contributed by atoms with Crippen molar-refractivity contribution in [3.8, 4) is 0 Å². The lowest BCUT2D eigenvalue weighted by Gasteiger charge is -2.33. The smallest absolute Gasteiger partial charge is 0.0133 e. The van der Waals surface area contributed by atoms with Gasteiger partial charge in [-0.2, -0.15) is 0 Å². The Morgan fingerprint density at radius 2 is 1.57 bits per heavy atom. The van der Waals surface area contributed by atoms with Gasteiger partial charge < -0.3 is 0 Å². The molecule has 2 aliphatic carbocycles. The molecule has 2 bridgehead atoms. The molecule has 2 rings (SSSR count). The summed E-state index contributed by atoms with van der Waals surface area (Å²) < 4.78 is 0. The molecule has 0 saturated heterocycles. The minimum Gasteiger partial charge on any atom is -0.0848 e. The van der Waals surface area contributed by atoms with Crippen molar-refractivity contribution in [2.75, 3.05) is 0 Å². The fraction of sp³-hybridized carbons (Fsp3) is 0.870. The second kappa shape index (κ2) is 9.90. The molecule has 0 spiro atoms. The molecule has 1 fully saturated rings. The Morgan fingerprint density at radius 1 is 0.913 bits per heavy atom. The lowest BCUT2D eigenvalue weighted by atomic mass is 9.72. The van der Waals surface area contributed by atoms with Gasteiger partial charge in [-0.15, -0.1) is 0 Å². The van der Waals surface area contributed by atoms with Gasteiger partial charge in [-0.3, -0.25) is 0 Å². The summed E-state index contributed by atoms with van der Waals surface area (Å²) in [6.07, 6.45) is 20.8. The van der Waals surface area contributed by atoms with Gasteiger partial charge in [0, 0.05) is 0 Å². The average molecular weight is 318 g/mol. The number of rotatable bonds is 12. The van der Waals surface area contributed by atoms with Gasteiger partial charge in [0.2, 0.25) is 0 Å². The second-order valence-corrected chi connectivity index (χ2v) is 8.35. The molecule has 133 valence electrons. The molecule has 0 heterocycles. The van der Waals surface area contributed by atoms with Crippen LogP contribution in [-0.2, 0) is 0 Å². The molecular weight excluding hydrogens is 276 g/mol. The molecule has 0 aromatic heterocycles. The van der Waals surface area contributed by atoms with Gasteiger partial charge >= 0.3 is 0 Å². The summed E-state index contributed by atoms with van der Waals surface area (Å²) in [6, 6.07) is 0. The van der Waals surface area contributed by atoms with Crippen molar-refractivity contribution >= 4 is 0 Å². The Bertz CT molecular complexity index is 310. The first-order valence-electron chi connectivity index (χ1n) is 10.8. The molecule has 1 saturated carbocycles. The van der Waals surface area contributed by atoms with Gasteiger partial charge in [0.05, 0.1) is 0 Å². The largest absolute Gasteiger partial charge is 0.0848 e. The molecule has 0 heteroatoms. The van der Waals surface area contributed by atoms with Crippen LogP contribution in [0.5, 0.6) is 0 Å². The molecule has 2 aliphatic rings. The van der Waals surface area contributed by atoms with Crippen molar-refractivity contribution in [1.82, 2.24) is 0 Å². The van der Waals surface area contributed by atoms with E-state index in [1.807, 2.05) is 5.92 Å². The molecule has 5 atom stereocenters. The van der Waals surface area contributed by atoms with Gasteiger partial charge in [0.25, 0.3) is 0 Å². The van der Waals surface area contributed by atoms with Crippen molar-refractivity contribution in [1.29, 1.82) is 0 Å². The molecule has 0 N–H and O–H groups in total. The van der Waals surface area contributed by atoms with Crippen LogP contribution in [0.3, 0.4) is 0 Å². The SMILES string of the molecule is CCCCC(CC)C[C]1C2C=CC(C2)C1CC(CC)CCCC.